The van der Waals surface area contributed by atoms with Gasteiger partial charge in [0.1, 0.15) is 12.4 Å². The molecule has 0 bridgehead atoms. The van der Waals surface area contributed by atoms with Crippen molar-refractivity contribution in [2.75, 3.05) is 12.9 Å². The minimum atomic E-state index is -0.360. The van der Waals surface area contributed by atoms with Gasteiger partial charge in [-0.3, -0.25) is 0 Å². The lowest BCUT2D eigenvalue weighted by molar-refractivity contribution is 0.0802. The minimum Gasteiger partial charge on any atom is -0.460 e. The van der Waals surface area contributed by atoms with E-state index in [1.165, 1.54) is 4.90 Å². The summed E-state index contributed by atoms with van der Waals surface area (Å²) in [5, 5.41) is 0. The van der Waals surface area contributed by atoms with Crippen molar-refractivity contribution in [3.05, 3.63) is 24.3 Å². The van der Waals surface area contributed by atoms with Crippen LogP contribution in [-0.4, -0.2) is 18.6 Å². The van der Waals surface area contributed by atoms with Crippen LogP contribution in [0.25, 0.3) is 0 Å². The van der Waals surface area contributed by atoms with Crippen LogP contribution in [0.15, 0.2) is 29.2 Å². The van der Waals surface area contributed by atoms with Gasteiger partial charge in [0.25, 0.3) is 0 Å². The molecule has 0 spiro atoms. The van der Waals surface area contributed by atoms with Crippen LogP contribution in [0.4, 0.5) is 0 Å². The van der Waals surface area contributed by atoms with Gasteiger partial charge in [-0.25, -0.2) is 0 Å². The third kappa shape index (κ3) is 2.17. The van der Waals surface area contributed by atoms with Crippen molar-refractivity contribution in [2.24, 2.45) is 0 Å². The Morgan fingerprint density at radius 2 is 2.00 bits per heavy atom. The molecule has 1 saturated heterocycles. The number of thioether (sulfide) groups is 1. The summed E-state index contributed by atoms with van der Waals surface area (Å²) in [7, 11) is 0. The average Bonchev–Trinajstić information content (AvgIpc) is 2.85. The van der Waals surface area contributed by atoms with E-state index in [-0.39, 0.29) is 5.79 Å². The highest BCUT2D eigenvalue weighted by molar-refractivity contribution is 7.98. The highest BCUT2D eigenvalue weighted by Gasteiger charge is 2.42. The van der Waals surface area contributed by atoms with Gasteiger partial charge in [-0.1, -0.05) is 0 Å². The molecular formula is C10H12O2S. The lowest BCUT2D eigenvalue weighted by Crippen LogP contribution is -2.14. The van der Waals surface area contributed by atoms with Crippen LogP contribution in [-0.2, 0) is 4.74 Å². The second-order valence-electron chi connectivity index (χ2n) is 3.20. The molecule has 70 valence electrons. The normalized spacial score (nSPS) is 25.7. The molecule has 1 atom stereocenters. The van der Waals surface area contributed by atoms with Crippen molar-refractivity contribution in [3.63, 3.8) is 0 Å². The molecule has 0 radical (unpaired) electrons. The van der Waals surface area contributed by atoms with E-state index in [4.69, 9.17) is 9.47 Å². The highest BCUT2D eigenvalue weighted by atomic mass is 32.2. The van der Waals surface area contributed by atoms with Gasteiger partial charge in [0.15, 0.2) is 0 Å². The van der Waals surface area contributed by atoms with Crippen LogP contribution >= 0.6 is 11.8 Å². The maximum atomic E-state index is 5.58. The summed E-state index contributed by atoms with van der Waals surface area (Å²) >= 11 is 1.72. The molecule has 1 aromatic rings. The van der Waals surface area contributed by atoms with Crippen molar-refractivity contribution in [3.8, 4) is 5.75 Å². The molecule has 1 aromatic carbocycles. The van der Waals surface area contributed by atoms with Crippen LogP contribution in [0.5, 0.6) is 5.75 Å². The molecule has 0 aromatic heterocycles. The van der Waals surface area contributed by atoms with E-state index >= 15 is 0 Å². The third-order valence-electron chi connectivity index (χ3n) is 1.94. The van der Waals surface area contributed by atoms with E-state index in [1.54, 1.807) is 11.8 Å². The van der Waals surface area contributed by atoms with E-state index in [1.807, 2.05) is 31.2 Å². The summed E-state index contributed by atoms with van der Waals surface area (Å²) in [5.41, 5.74) is 0. The number of epoxide rings is 1. The zero-order valence-electron chi connectivity index (χ0n) is 7.74. The Balaban J connectivity index is 2.05. The Morgan fingerprint density at radius 1 is 1.38 bits per heavy atom. The molecule has 2 rings (SSSR count). The van der Waals surface area contributed by atoms with E-state index in [0.717, 1.165) is 5.75 Å². The van der Waals surface area contributed by atoms with Crippen molar-refractivity contribution >= 4 is 11.8 Å². The van der Waals surface area contributed by atoms with Gasteiger partial charge in [0.05, 0.1) is 0 Å². The Labute approximate surface area is 82.2 Å². The lowest BCUT2D eigenvalue weighted by Gasteiger charge is -2.09. The van der Waals surface area contributed by atoms with Crippen LogP contribution < -0.4 is 4.74 Å². The van der Waals surface area contributed by atoms with Gasteiger partial charge in [0.2, 0.25) is 5.79 Å². The maximum absolute atomic E-state index is 5.58. The summed E-state index contributed by atoms with van der Waals surface area (Å²) in [6.45, 7) is 2.63. The van der Waals surface area contributed by atoms with Crippen molar-refractivity contribution in [1.82, 2.24) is 0 Å². The van der Waals surface area contributed by atoms with Gasteiger partial charge < -0.3 is 9.47 Å². The Kier molecular flexibility index (Phi) is 2.22. The van der Waals surface area contributed by atoms with E-state index in [9.17, 15) is 0 Å². The molecule has 1 fully saturated rings. The second-order valence-corrected chi connectivity index (χ2v) is 4.08. The van der Waals surface area contributed by atoms with E-state index in [0.29, 0.717) is 6.61 Å². The second kappa shape index (κ2) is 3.24. The Bertz CT molecular complexity index is 290. The summed E-state index contributed by atoms with van der Waals surface area (Å²) in [5.74, 6) is 0.513. The van der Waals surface area contributed by atoms with Crippen molar-refractivity contribution in [2.45, 2.75) is 17.6 Å². The molecule has 2 nitrogen and oxygen atoms in total. The lowest BCUT2D eigenvalue weighted by atomic mass is 10.3. The number of benzene rings is 1. The first-order valence-corrected chi connectivity index (χ1v) is 5.41. The highest BCUT2D eigenvalue weighted by Crippen LogP contribution is 2.30. The summed E-state index contributed by atoms with van der Waals surface area (Å²) in [4.78, 5) is 1.24. The monoisotopic (exact) mass is 196 g/mol. The molecular weight excluding hydrogens is 184 g/mol. The fourth-order valence-corrected chi connectivity index (χ4v) is 1.46. The summed E-state index contributed by atoms with van der Waals surface area (Å²) < 4.78 is 10.7. The molecule has 1 aliphatic rings. The van der Waals surface area contributed by atoms with Gasteiger partial charge in [-0.2, -0.15) is 0 Å². The van der Waals surface area contributed by atoms with Crippen molar-refractivity contribution in [1.29, 1.82) is 0 Å². The quantitative estimate of drug-likeness (QED) is 0.547. The SMILES string of the molecule is CSc1ccc(OC2(C)CO2)cc1. The fraction of sp³-hybridized carbons (Fsp3) is 0.400. The van der Waals surface area contributed by atoms with Gasteiger partial charge in [0, 0.05) is 11.8 Å². The smallest absolute Gasteiger partial charge is 0.231 e. The molecule has 0 N–H and O–H groups in total. The maximum Gasteiger partial charge on any atom is 0.231 e. The largest absolute Gasteiger partial charge is 0.460 e. The molecule has 1 aliphatic heterocycles. The van der Waals surface area contributed by atoms with Gasteiger partial charge in [-0.15, -0.1) is 11.8 Å². The molecule has 0 saturated carbocycles. The van der Waals surface area contributed by atoms with Gasteiger partial charge >= 0.3 is 0 Å². The zero-order valence-corrected chi connectivity index (χ0v) is 8.56. The van der Waals surface area contributed by atoms with Gasteiger partial charge in [-0.05, 0) is 30.5 Å². The predicted octanol–water partition coefficient (Wildman–Crippen LogP) is 2.53. The standard InChI is InChI=1S/C10H12O2S/c1-10(7-11-10)12-8-3-5-9(13-2)6-4-8/h3-6H,7H2,1-2H3. The molecule has 13 heavy (non-hydrogen) atoms. The number of ether oxygens (including phenoxy) is 2. The molecule has 1 heterocycles. The minimum absolute atomic E-state index is 0.360. The van der Waals surface area contributed by atoms with Crippen LogP contribution in [0.2, 0.25) is 0 Å². The molecule has 0 amide bonds. The van der Waals surface area contributed by atoms with Crippen LogP contribution in [0.1, 0.15) is 6.92 Å². The molecule has 0 aliphatic carbocycles. The first-order valence-electron chi connectivity index (χ1n) is 4.19. The van der Waals surface area contributed by atoms with E-state index < -0.39 is 0 Å². The Hall–Kier alpha value is -0.670. The number of hydrogen-bond acceptors (Lipinski definition) is 3. The summed E-state index contributed by atoms with van der Waals surface area (Å²) in [6.07, 6.45) is 2.06. The zero-order chi connectivity index (χ0) is 9.31. The topological polar surface area (TPSA) is 21.8 Å². The number of rotatable bonds is 3. The fourth-order valence-electron chi connectivity index (χ4n) is 1.05. The predicted molar refractivity (Wildman–Crippen MR) is 53.2 cm³/mol. The van der Waals surface area contributed by atoms with Crippen LogP contribution in [0.3, 0.4) is 0 Å². The first kappa shape index (κ1) is 8.91. The third-order valence-corrected chi connectivity index (χ3v) is 2.69. The summed E-state index contributed by atoms with van der Waals surface area (Å²) in [6, 6.07) is 8.04. The van der Waals surface area contributed by atoms with E-state index in [2.05, 4.69) is 6.26 Å². The average molecular weight is 196 g/mol. The number of hydrogen-bond donors (Lipinski definition) is 0. The Morgan fingerprint density at radius 3 is 2.46 bits per heavy atom. The van der Waals surface area contributed by atoms with Crippen molar-refractivity contribution < 1.29 is 9.47 Å². The molecule has 3 heteroatoms. The van der Waals surface area contributed by atoms with Crippen LogP contribution in [0, 0.1) is 0 Å². The first-order chi connectivity index (χ1) is 6.22. The molecule has 1 unspecified atom stereocenters.